The van der Waals surface area contributed by atoms with Crippen LogP contribution in [0.25, 0.3) is 10.1 Å². The topological polar surface area (TPSA) is 105 Å². The van der Waals surface area contributed by atoms with E-state index in [0.29, 0.717) is 16.4 Å². The molecule has 0 saturated heterocycles. The van der Waals surface area contributed by atoms with Crippen LogP contribution in [-0.2, 0) is 7.05 Å². The van der Waals surface area contributed by atoms with Gasteiger partial charge in [-0.05, 0) is 43.5 Å². The minimum absolute atomic E-state index is 0.184. The highest BCUT2D eigenvalue weighted by Gasteiger charge is 2.30. The highest BCUT2D eigenvalue weighted by Crippen LogP contribution is 2.36. The lowest BCUT2D eigenvalue weighted by atomic mass is 9.84. The predicted molar refractivity (Wildman–Crippen MR) is 139 cm³/mol. The normalized spacial score (nSPS) is 17.6. The number of allylic oxidation sites excluding steroid dienone is 4. The fourth-order valence-electron chi connectivity index (χ4n) is 4.27. The van der Waals surface area contributed by atoms with E-state index in [1.165, 1.54) is 17.4 Å². The van der Waals surface area contributed by atoms with E-state index in [4.69, 9.17) is 0 Å². The average molecular weight is 505 g/mol. The molecule has 1 amide bonds. The Labute approximate surface area is 210 Å². The van der Waals surface area contributed by atoms with Crippen LogP contribution >= 0.6 is 11.3 Å². The van der Waals surface area contributed by atoms with E-state index in [9.17, 15) is 14.0 Å². The number of thiophene rings is 1. The lowest BCUT2D eigenvalue weighted by Gasteiger charge is -2.27. The molecule has 10 heteroatoms. The molecule has 2 atom stereocenters. The van der Waals surface area contributed by atoms with E-state index < -0.39 is 17.3 Å². The number of hydrogen-bond donors (Lipinski definition) is 3. The van der Waals surface area contributed by atoms with Gasteiger partial charge in [-0.2, -0.15) is 10.2 Å². The summed E-state index contributed by atoms with van der Waals surface area (Å²) in [6.45, 7) is 5.72. The van der Waals surface area contributed by atoms with Gasteiger partial charge in [0.2, 0.25) is 0 Å². The van der Waals surface area contributed by atoms with Crippen LogP contribution in [0, 0.1) is 19.8 Å². The van der Waals surface area contributed by atoms with Crippen molar-refractivity contribution in [3.63, 3.8) is 0 Å². The Morgan fingerprint density at radius 1 is 1.19 bits per heavy atom. The second kappa shape index (κ2) is 9.19. The Morgan fingerprint density at radius 2 is 2.00 bits per heavy atom. The molecule has 36 heavy (non-hydrogen) atoms. The monoisotopic (exact) mass is 504 g/mol. The van der Waals surface area contributed by atoms with Crippen molar-refractivity contribution in [1.82, 2.24) is 25.3 Å². The van der Waals surface area contributed by atoms with E-state index >= 15 is 0 Å². The molecule has 0 aliphatic heterocycles. The summed E-state index contributed by atoms with van der Waals surface area (Å²) in [6, 6.07) is 11.3. The average Bonchev–Trinajstić information content (AvgIpc) is 3.40. The quantitative estimate of drug-likeness (QED) is 0.356. The number of hydrogen-bond acceptors (Lipinski definition) is 6. The van der Waals surface area contributed by atoms with Crippen molar-refractivity contribution in [3.8, 4) is 0 Å². The number of halogens is 1. The van der Waals surface area contributed by atoms with Crippen molar-refractivity contribution >= 4 is 38.8 Å². The summed E-state index contributed by atoms with van der Waals surface area (Å²) in [7, 11) is 1.81. The number of rotatable bonds is 5. The zero-order valence-electron chi connectivity index (χ0n) is 20.2. The maximum atomic E-state index is 14.9. The van der Waals surface area contributed by atoms with E-state index in [0.717, 1.165) is 21.3 Å². The first-order valence-electron chi connectivity index (χ1n) is 11.5. The second-order valence-electron chi connectivity index (χ2n) is 9.00. The van der Waals surface area contributed by atoms with Gasteiger partial charge in [0.05, 0.1) is 16.3 Å². The number of nitrogens with one attached hydrogen (secondary N) is 3. The number of benzene rings is 1. The van der Waals surface area contributed by atoms with E-state index in [2.05, 4.69) is 25.9 Å². The Morgan fingerprint density at radius 3 is 2.75 bits per heavy atom. The molecule has 2 unspecified atom stereocenters. The van der Waals surface area contributed by atoms with E-state index in [-0.39, 0.29) is 23.2 Å². The number of aryl methyl sites for hydroxylation is 3. The summed E-state index contributed by atoms with van der Waals surface area (Å²) >= 11 is 1.37. The lowest BCUT2D eigenvalue weighted by molar-refractivity contribution is 0.0963. The minimum Gasteiger partial charge on any atom is -0.334 e. The molecule has 3 aromatic heterocycles. The summed E-state index contributed by atoms with van der Waals surface area (Å²) in [4.78, 5) is 25.9. The Hall–Kier alpha value is -4.05. The predicted octanol–water partition coefficient (Wildman–Crippen LogP) is 4.98. The van der Waals surface area contributed by atoms with Gasteiger partial charge < -0.3 is 10.6 Å². The second-order valence-corrected chi connectivity index (χ2v) is 10.1. The largest absolute Gasteiger partial charge is 0.334 e. The van der Waals surface area contributed by atoms with Crippen molar-refractivity contribution < 1.29 is 9.18 Å². The summed E-state index contributed by atoms with van der Waals surface area (Å²) in [5, 5.41) is 17.8. The highest BCUT2D eigenvalue weighted by atomic mass is 32.1. The molecular weight excluding hydrogens is 479 g/mol. The molecule has 1 aliphatic rings. The summed E-state index contributed by atoms with van der Waals surface area (Å²) in [5.74, 6) is -1.13. The highest BCUT2D eigenvalue weighted by molar-refractivity contribution is 7.20. The number of nitrogens with zero attached hydrogens (tertiary/aromatic N) is 3. The van der Waals surface area contributed by atoms with Crippen LogP contribution < -0.4 is 16.2 Å². The molecule has 3 N–H and O–H groups in total. The van der Waals surface area contributed by atoms with Gasteiger partial charge in [-0.25, -0.2) is 9.49 Å². The smallest absolute Gasteiger partial charge is 0.287 e. The molecule has 0 fully saturated rings. The molecule has 0 spiro atoms. The summed E-state index contributed by atoms with van der Waals surface area (Å²) in [6.07, 6.45) is 3.02. The minimum atomic E-state index is -0.504. The maximum Gasteiger partial charge on any atom is 0.287 e. The van der Waals surface area contributed by atoms with Crippen LogP contribution in [0.1, 0.15) is 39.5 Å². The van der Waals surface area contributed by atoms with E-state index in [1.54, 1.807) is 16.8 Å². The molecule has 0 bridgehead atoms. The van der Waals surface area contributed by atoms with Crippen molar-refractivity contribution in [2.75, 3.05) is 5.32 Å². The van der Waals surface area contributed by atoms with Gasteiger partial charge in [0, 0.05) is 35.3 Å². The number of aromatic nitrogens is 4. The van der Waals surface area contributed by atoms with Crippen molar-refractivity contribution in [3.05, 3.63) is 92.3 Å². The Balaban J connectivity index is 1.38. The zero-order valence-corrected chi connectivity index (χ0v) is 21.0. The summed E-state index contributed by atoms with van der Waals surface area (Å²) in [5.41, 5.74) is 2.64. The third kappa shape index (κ3) is 4.47. The van der Waals surface area contributed by atoms with Crippen LogP contribution in [-0.4, -0.2) is 25.9 Å². The first-order valence-corrected chi connectivity index (χ1v) is 12.3. The molecule has 8 nitrogen and oxygen atoms in total. The molecule has 1 aliphatic carbocycles. The van der Waals surface area contributed by atoms with Crippen molar-refractivity contribution in [1.29, 1.82) is 0 Å². The molecule has 184 valence electrons. The number of anilines is 2. The van der Waals surface area contributed by atoms with Gasteiger partial charge in [0.1, 0.15) is 11.5 Å². The SMILES string of the molecule is Cc1ccc2sc(C(=O)NC3=C(F)C=CC(c4cc(Nc5cc(C)n(C)n5)c(=O)[nH]n4)C3C)cc2c1. The Bertz CT molecular complexity index is 1590. The number of carbonyl (C=O) groups is 1. The standard InChI is InChI=1S/C26H25FN6O2S/c1-13-5-8-21-16(9-13)11-22(36-21)26(35)29-24-15(3)17(6-7-18(24)27)19-12-20(25(34)31-30-19)28-23-10-14(2)33(4)32-23/h5-12,15,17H,1-4H3,(H,29,35)(H,31,34)(H,28,30,32). The first kappa shape index (κ1) is 23.7. The molecule has 5 rings (SSSR count). The maximum absolute atomic E-state index is 14.9. The number of H-pyrrole nitrogens is 1. The third-order valence-electron chi connectivity index (χ3n) is 6.39. The van der Waals surface area contributed by atoms with Gasteiger partial charge in [-0.15, -0.1) is 11.3 Å². The van der Waals surface area contributed by atoms with Crippen molar-refractivity contribution in [2.24, 2.45) is 13.0 Å². The fraction of sp³-hybridized carbons (Fsp3) is 0.231. The van der Waals surface area contributed by atoms with Crippen LogP contribution in [0.5, 0.6) is 0 Å². The fourth-order valence-corrected chi connectivity index (χ4v) is 5.21. The Kier molecular flexibility index (Phi) is 6.05. The van der Waals surface area contributed by atoms with Crippen LogP contribution in [0.3, 0.4) is 0 Å². The van der Waals surface area contributed by atoms with Gasteiger partial charge in [0.25, 0.3) is 11.5 Å². The molecule has 0 saturated carbocycles. The van der Waals surface area contributed by atoms with Crippen LogP contribution in [0.15, 0.2) is 64.9 Å². The van der Waals surface area contributed by atoms with E-state index in [1.807, 2.05) is 58.2 Å². The van der Waals surface area contributed by atoms with Crippen LogP contribution in [0.2, 0.25) is 0 Å². The van der Waals surface area contributed by atoms with Gasteiger partial charge >= 0.3 is 0 Å². The zero-order chi connectivity index (χ0) is 25.6. The third-order valence-corrected chi connectivity index (χ3v) is 7.50. The number of fused-ring (bicyclic) bond motifs is 1. The lowest BCUT2D eigenvalue weighted by Crippen LogP contribution is -2.31. The number of carbonyl (C=O) groups excluding carboxylic acids is 1. The molecule has 4 aromatic rings. The summed E-state index contributed by atoms with van der Waals surface area (Å²) < 4.78 is 17.6. The number of aromatic amines is 1. The van der Waals surface area contributed by atoms with Gasteiger partial charge in [-0.3, -0.25) is 14.3 Å². The molecule has 3 heterocycles. The first-order chi connectivity index (χ1) is 17.2. The van der Waals surface area contributed by atoms with Crippen molar-refractivity contribution in [2.45, 2.75) is 26.7 Å². The molecule has 1 aromatic carbocycles. The van der Waals surface area contributed by atoms with Gasteiger partial charge in [0.15, 0.2) is 5.82 Å². The number of amides is 1. The van der Waals surface area contributed by atoms with Crippen LogP contribution in [0.4, 0.5) is 15.9 Å². The molecule has 0 radical (unpaired) electrons. The van der Waals surface area contributed by atoms with Gasteiger partial charge in [-0.1, -0.05) is 30.7 Å². The molecular formula is C26H25FN6O2S.